The molecule has 0 aromatic carbocycles. The predicted octanol–water partition coefficient (Wildman–Crippen LogP) is 1.76. The molecule has 2 aromatic rings. The molecule has 1 aliphatic heterocycles. The van der Waals surface area contributed by atoms with Gasteiger partial charge in [0.1, 0.15) is 5.69 Å². The number of hydrogen-bond acceptors (Lipinski definition) is 6. The summed E-state index contributed by atoms with van der Waals surface area (Å²) in [7, 11) is 0. The van der Waals surface area contributed by atoms with E-state index in [1.165, 1.54) is 12.4 Å². The molecule has 2 fully saturated rings. The molecule has 22 heavy (non-hydrogen) atoms. The number of aromatic nitrogens is 4. The zero-order valence-electron chi connectivity index (χ0n) is 12.2. The Labute approximate surface area is 127 Å². The van der Waals surface area contributed by atoms with Crippen LogP contribution >= 0.6 is 0 Å². The molecule has 0 radical (unpaired) electrons. The average molecular weight is 299 g/mol. The van der Waals surface area contributed by atoms with Gasteiger partial charge in [0.05, 0.1) is 6.20 Å². The molecule has 1 amide bonds. The standard InChI is InChI=1S/C15H17N5O2/c21-15(12-9-16-5-6-17-12)20-7-3-11(4-8-20)14-19-18-13(22-14)10-1-2-10/h5-6,9-11H,1-4,7-8H2. The first-order valence-electron chi connectivity index (χ1n) is 7.70. The number of carbonyl (C=O) groups excluding carboxylic acids is 1. The fraction of sp³-hybridized carbons (Fsp3) is 0.533. The fourth-order valence-corrected chi connectivity index (χ4v) is 2.81. The van der Waals surface area contributed by atoms with Crippen molar-refractivity contribution in [2.45, 2.75) is 37.5 Å². The van der Waals surface area contributed by atoms with E-state index in [1.807, 2.05) is 4.90 Å². The lowest BCUT2D eigenvalue weighted by molar-refractivity contribution is 0.0699. The summed E-state index contributed by atoms with van der Waals surface area (Å²) in [5, 5.41) is 8.33. The Morgan fingerprint density at radius 3 is 2.32 bits per heavy atom. The molecule has 7 nitrogen and oxygen atoms in total. The van der Waals surface area contributed by atoms with E-state index in [1.54, 1.807) is 6.20 Å². The first-order chi connectivity index (χ1) is 10.8. The Hall–Kier alpha value is -2.31. The lowest BCUT2D eigenvalue weighted by Gasteiger charge is -2.30. The van der Waals surface area contributed by atoms with Crippen molar-refractivity contribution >= 4 is 5.91 Å². The molecule has 114 valence electrons. The average Bonchev–Trinajstić information content (AvgIpc) is 3.32. The smallest absolute Gasteiger partial charge is 0.274 e. The summed E-state index contributed by atoms with van der Waals surface area (Å²) in [6, 6.07) is 0. The van der Waals surface area contributed by atoms with Crippen molar-refractivity contribution in [1.29, 1.82) is 0 Å². The van der Waals surface area contributed by atoms with Gasteiger partial charge in [-0.15, -0.1) is 10.2 Å². The van der Waals surface area contributed by atoms with Crippen LogP contribution in [0.25, 0.3) is 0 Å². The molecule has 3 heterocycles. The number of nitrogens with zero attached hydrogens (tertiary/aromatic N) is 5. The van der Waals surface area contributed by atoms with Gasteiger partial charge in [0.2, 0.25) is 11.8 Å². The second kappa shape index (κ2) is 5.47. The van der Waals surface area contributed by atoms with E-state index < -0.39 is 0 Å². The molecule has 0 spiro atoms. The molecular weight excluding hydrogens is 282 g/mol. The SMILES string of the molecule is O=C(c1cnccn1)N1CCC(c2nnc(C3CC3)o2)CC1. The second-order valence-electron chi connectivity index (χ2n) is 5.91. The quantitative estimate of drug-likeness (QED) is 0.858. The van der Waals surface area contributed by atoms with Gasteiger partial charge in [0, 0.05) is 37.3 Å². The van der Waals surface area contributed by atoms with Crippen LogP contribution in [0.2, 0.25) is 0 Å². The molecule has 4 rings (SSSR count). The lowest BCUT2D eigenvalue weighted by atomic mass is 9.96. The van der Waals surface area contributed by atoms with Gasteiger partial charge in [-0.2, -0.15) is 0 Å². The van der Waals surface area contributed by atoms with Crippen molar-refractivity contribution in [2.24, 2.45) is 0 Å². The minimum absolute atomic E-state index is 0.0595. The maximum Gasteiger partial charge on any atom is 0.274 e. The first kappa shape index (κ1) is 13.4. The number of piperidine rings is 1. The zero-order valence-corrected chi connectivity index (χ0v) is 12.2. The molecule has 1 aliphatic carbocycles. The molecule has 1 saturated carbocycles. The van der Waals surface area contributed by atoms with Gasteiger partial charge >= 0.3 is 0 Å². The highest BCUT2D eigenvalue weighted by molar-refractivity contribution is 5.92. The van der Waals surface area contributed by atoms with E-state index in [-0.39, 0.29) is 11.8 Å². The summed E-state index contributed by atoms with van der Waals surface area (Å²) in [6.07, 6.45) is 8.62. The Bertz CT molecular complexity index is 660. The van der Waals surface area contributed by atoms with E-state index in [2.05, 4.69) is 20.2 Å². The molecule has 2 aliphatic rings. The summed E-state index contributed by atoms with van der Waals surface area (Å²) in [5.41, 5.74) is 0.398. The number of carbonyl (C=O) groups is 1. The maximum absolute atomic E-state index is 12.3. The predicted molar refractivity (Wildman–Crippen MR) is 76.2 cm³/mol. The highest BCUT2D eigenvalue weighted by Gasteiger charge is 2.32. The van der Waals surface area contributed by atoms with E-state index in [9.17, 15) is 4.79 Å². The normalized spacial score (nSPS) is 19.4. The molecule has 0 bridgehead atoms. The van der Waals surface area contributed by atoms with Gasteiger partial charge in [-0.3, -0.25) is 9.78 Å². The van der Waals surface area contributed by atoms with Crippen LogP contribution in [-0.2, 0) is 0 Å². The Balaban J connectivity index is 1.38. The molecule has 0 N–H and O–H groups in total. The summed E-state index contributed by atoms with van der Waals surface area (Å²) >= 11 is 0. The lowest BCUT2D eigenvalue weighted by Crippen LogP contribution is -2.38. The zero-order chi connectivity index (χ0) is 14.9. The van der Waals surface area contributed by atoms with Crippen molar-refractivity contribution in [3.8, 4) is 0 Å². The van der Waals surface area contributed by atoms with Gasteiger partial charge in [-0.25, -0.2) is 4.98 Å². The molecule has 0 unspecified atom stereocenters. The Morgan fingerprint density at radius 2 is 1.73 bits per heavy atom. The molecule has 7 heteroatoms. The van der Waals surface area contributed by atoms with Crippen LogP contribution in [0, 0.1) is 0 Å². The topological polar surface area (TPSA) is 85.0 Å². The minimum atomic E-state index is -0.0595. The van der Waals surface area contributed by atoms with Crippen LogP contribution in [-0.4, -0.2) is 44.1 Å². The number of amides is 1. The van der Waals surface area contributed by atoms with Gasteiger partial charge in [0.15, 0.2) is 0 Å². The Kier molecular flexibility index (Phi) is 3.32. The van der Waals surface area contributed by atoms with Crippen LogP contribution in [0.15, 0.2) is 23.0 Å². The van der Waals surface area contributed by atoms with Crippen LogP contribution < -0.4 is 0 Å². The largest absolute Gasteiger partial charge is 0.425 e. The highest BCUT2D eigenvalue weighted by Crippen LogP contribution is 2.40. The molecule has 2 aromatic heterocycles. The second-order valence-corrected chi connectivity index (χ2v) is 5.91. The van der Waals surface area contributed by atoms with Crippen molar-refractivity contribution in [3.63, 3.8) is 0 Å². The third-order valence-corrected chi connectivity index (χ3v) is 4.30. The monoisotopic (exact) mass is 299 g/mol. The van der Waals surface area contributed by atoms with E-state index in [0.717, 1.165) is 37.5 Å². The highest BCUT2D eigenvalue weighted by atomic mass is 16.4. The van der Waals surface area contributed by atoms with Crippen LogP contribution in [0.4, 0.5) is 0 Å². The van der Waals surface area contributed by atoms with E-state index >= 15 is 0 Å². The van der Waals surface area contributed by atoms with Crippen molar-refractivity contribution in [3.05, 3.63) is 36.1 Å². The van der Waals surface area contributed by atoms with E-state index in [4.69, 9.17) is 4.42 Å². The summed E-state index contributed by atoms with van der Waals surface area (Å²) in [4.78, 5) is 22.1. The number of hydrogen-bond donors (Lipinski definition) is 0. The third-order valence-electron chi connectivity index (χ3n) is 4.30. The number of rotatable bonds is 3. The van der Waals surface area contributed by atoms with Crippen LogP contribution in [0.1, 0.15) is 59.8 Å². The number of likely N-dealkylation sites (tertiary alicyclic amines) is 1. The van der Waals surface area contributed by atoms with Crippen molar-refractivity contribution < 1.29 is 9.21 Å². The van der Waals surface area contributed by atoms with E-state index in [0.29, 0.717) is 24.7 Å². The Morgan fingerprint density at radius 1 is 1.05 bits per heavy atom. The van der Waals surface area contributed by atoms with Gasteiger partial charge in [-0.1, -0.05) is 0 Å². The van der Waals surface area contributed by atoms with Crippen LogP contribution in [0.3, 0.4) is 0 Å². The first-order valence-corrected chi connectivity index (χ1v) is 7.70. The van der Waals surface area contributed by atoms with Gasteiger partial charge in [0.25, 0.3) is 5.91 Å². The van der Waals surface area contributed by atoms with Gasteiger partial charge in [-0.05, 0) is 25.7 Å². The molecule has 0 atom stereocenters. The van der Waals surface area contributed by atoms with Crippen molar-refractivity contribution in [2.75, 3.05) is 13.1 Å². The summed E-state index contributed by atoms with van der Waals surface area (Å²) in [5.74, 6) is 2.20. The fourth-order valence-electron chi connectivity index (χ4n) is 2.81. The maximum atomic E-state index is 12.3. The van der Waals surface area contributed by atoms with Crippen molar-refractivity contribution in [1.82, 2.24) is 25.1 Å². The van der Waals surface area contributed by atoms with Crippen LogP contribution in [0.5, 0.6) is 0 Å². The summed E-state index contributed by atoms with van der Waals surface area (Å²) < 4.78 is 5.78. The summed E-state index contributed by atoms with van der Waals surface area (Å²) in [6.45, 7) is 1.36. The van der Waals surface area contributed by atoms with Gasteiger partial charge < -0.3 is 9.32 Å². The molecule has 1 saturated heterocycles. The third kappa shape index (κ3) is 2.58. The molecular formula is C15H17N5O2. The minimum Gasteiger partial charge on any atom is -0.425 e.